The smallest absolute Gasteiger partial charge is 0.140 e. The highest BCUT2D eigenvalue weighted by Gasteiger charge is 2.19. The molecule has 2 aromatic rings. The van der Waals surface area contributed by atoms with Crippen LogP contribution in [0.3, 0.4) is 0 Å². The van der Waals surface area contributed by atoms with Crippen LogP contribution in [0.1, 0.15) is 19.0 Å². The lowest BCUT2D eigenvalue weighted by Gasteiger charge is -2.22. The number of rotatable bonds is 1. The molecule has 17 heavy (non-hydrogen) atoms. The van der Waals surface area contributed by atoms with Gasteiger partial charge in [-0.2, -0.15) is 0 Å². The lowest BCUT2D eigenvalue weighted by atomic mass is 10.00. The molecule has 1 unspecified atom stereocenters. The SMILES string of the molecule is CC1CCc2cnc(-c3ccc(F)cc3)n2C1. The van der Waals surface area contributed by atoms with Crippen LogP contribution in [0.15, 0.2) is 30.5 Å². The molecule has 0 amide bonds. The Morgan fingerprint density at radius 3 is 2.82 bits per heavy atom. The van der Waals surface area contributed by atoms with Gasteiger partial charge in [0.1, 0.15) is 11.6 Å². The molecule has 1 aliphatic heterocycles. The first-order chi connectivity index (χ1) is 8.24. The zero-order chi connectivity index (χ0) is 11.8. The second-order valence-electron chi connectivity index (χ2n) is 4.83. The van der Waals surface area contributed by atoms with E-state index in [1.54, 1.807) is 12.1 Å². The van der Waals surface area contributed by atoms with Gasteiger partial charge in [0, 0.05) is 24.0 Å². The maximum absolute atomic E-state index is 12.9. The molecule has 0 fully saturated rings. The molecule has 3 heteroatoms. The first-order valence-electron chi connectivity index (χ1n) is 6.04. The van der Waals surface area contributed by atoms with Crippen molar-refractivity contribution in [2.75, 3.05) is 0 Å². The Morgan fingerprint density at radius 1 is 1.29 bits per heavy atom. The van der Waals surface area contributed by atoms with Gasteiger partial charge in [-0.3, -0.25) is 0 Å². The normalized spacial score (nSPS) is 19.1. The molecule has 2 nitrogen and oxygen atoms in total. The Morgan fingerprint density at radius 2 is 2.06 bits per heavy atom. The molecular formula is C14H15FN2. The third-order valence-electron chi connectivity index (χ3n) is 3.43. The summed E-state index contributed by atoms with van der Waals surface area (Å²) in [6.07, 6.45) is 4.27. The summed E-state index contributed by atoms with van der Waals surface area (Å²) in [6.45, 7) is 3.28. The van der Waals surface area contributed by atoms with Crippen molar-refractivity contribution in [2.24, 2.45) is 5.92 Å². The maximum atomic E-state index is 12.9. The van der Waals surface area contributed by atoms with Crippen LogP contribution in [-0.4, -0.2) is 9.55 Å². The highest BCUT2D eigenvalue weighted by molar-refractivity contribution is 5.56. The number of imidazole rings is 1. The molecule has 0 bridgehead atoms. The number of halogens is 1. The van der Waals surface area contributed by atoms with E-state index < -0.39 is 0 Å². The predicted octanol–water partition coefficient (Wildman–Crippen LogP) is 3.27. The van der Waals surface area contributed by atoms with Crippen molar-refractivity contribution in [2.45, 2.75) is 26.3 Å². The van der Waals surface area contributed by atoms with Gasteiger partial charge in [0.25, 0.3) is 0 Å². The van der Waals surface area contributed by atoms with Crippen molar-refractivity contribution in [1.82, 2.24) is 9.55 Å². The van der Waals surface area contributed by atoms with Crippen molar-refractivity contribution < 1.29 is 4.39 Å². The first kappa shape index (κ1) is 10.5. The highest BCUT2D eigenvalue weighted by Crippen LogP contribution is 2.26. The summed E-state index contributed by atoms with van der Waals surface area (Å²) >= 11 is 0. The van der Waals surface area contributed by atoms with Gasteiger partial charge in [0.15, 0.2) is 0 Å². The second kappa shape index (κ2) is 3.99. The summed E-state index contributed by atoms with van der Waals surface area (Å²) in [5, 5.41) is 0. The van der Waals surface area contributed by atoms with Crippen molar-refractivity contribution in [3.05, 3.63) is 42.0 Å². The number of aromatic nitrogens is 2. The van der Waals surface area contributed by atoms with Crippen LogP contribution in [0.25, 0.3) is 11.4 Å². The third kappa shape index (κ3) is 1.86. The van der Waals surface area contributed by atoms with Gasteiger partial charge in [-0.25, -0.2) is 9.37 Å². The zero-order valence-corrected chi connectivity index (χ0v) is 9.86. The first-order valence-corrected chi connectivity index (χ1v) is 6.04. The summed E-state index contributed by atoms with van der Waals surface area (Å²) in [5.74, 6) is 1.45. The van der Waals surface area contributed by atoms with Crippen molar-refractivity contribution >= 4 is 0 Å². The molecular weight excluding hydrogens is 215 g/mol. The molecule has 1 aromatic heterocycles. The van der Waals surface area contributed by atoms with E-state index in [0.717, 1.165) is 24.4 Å². The van der Waals surface area contributed by atoms with E-state index in [-0.39, 0.29) is 5.82 Å². The minimum Gasteiger partial charge on any atom is -0.328 e. The largest absolute Gasteiger partial charge is 0.328 e. The van der Waals surface area contributed by atoms with Gasteiger partial charge in [0.05, 0.1) is 0 Å². The van der Waals surface area contributed by atoms with Gasteiger partial charge >= 0.3 is 0 Å². The number of hydrogen-bond donors (Lipinski definition) is 0. The van der Waals surface area contributed by atoms with E-state index in [9.17, 15) is 4.39 Å². The summed E-state index contributed by atoms with van der Waals surface area (Å²) < 4.78 is 15.2. The van der Waals surface area contributed by atoms with Gasteiger partial charge in [-0.15, -0.1) is 0 Å². The third-order valence-corrected chi connectivity index (χ3v) is 3.43. The lowest BCUT2D eigenvalue weighted by Crippen LogP contribution is -2.18. The zero-order valence-electron chi connectivity index (χ0n) is 9.86. The highest BCUT2D eigenvalue weighted by atomic mass is 19.1. The molecule has 0 spiro atoms. The number of hydrogen-bond acceptors (Lipinski definition) is 1. The molecule has 0 saturated carbocycles. The molecule has 3 rings (SSSR count). The van der Waals surface area contributed by atoms with Crippen molar-refractivity contribution in [3.63, 3.8) is 0 Å². The van der Waals surface area contributed by atoms with Crippen LogP contribution >= 0.6 is 0 Å². The van der Waals surface area contributed by atoms with Crippen LogP contribution in [0.4, 0.5) is 4.39 Å². The van der Waals surface area contributed by atoms with Crippen LogP contribution in [0.5, 0.6) is 0 Å². The molecule has 0 N–H and O–H groups in total. The standard InChI is InChI=1S/C14H15FN2/c1-10-2-7-13-8-16-14(17(13)9-10)11-3-5-12(15)6-4-11/h3-6,8,10H,2,7,9H2,1H3. The Hall–Kier alpha value is -1.64. The molecule has 2 heterocycles. The molecule has 0 radical (unpaired) electrons. The Bertz CT molecular complexity index is 528. The minimum absolute atomic E-state index is 0.201. The van der Waals surface area contributed by atoms with Gasteiger partial charge in [0.2, 0.25) is 0 Å². The van der Waals surface area contributed by atoms with Gasteiger partial charge in [-0.05, 0) is 43.0 Å². The minimum atomic E-state index is -0.201. The topological polar surface area (TPSA) is 17.8 Å². The summed E-state index contributed by atoms with van der Waals surface area (Å²) in [7, 11) is 0. The molecule has 1 aromatic carbocycles. The number of aryl methyl sites for hydroxylation is 1. The number of fused-ring (bicyclic) bond motifs is 1. The Balaban J connectivity index is 2.04. The predicted molar refractivity (Wildman–Crippen MR) is 65.1 cm³/mol. The molecule has 0 aliphatic carbocycles. The Kier molecular flexibility index (Phi) is 2.46. The molecule has 1 atom stereocenters. The fourth-order valence-corrected chi connectivity index (χ4v) is 2.44. The van der Waals surface area contributed by atoms with Crippen LogP contribution in [0.2, 0.25) is 0 Å². The Labute approximate surface area is 100 Å². The van der Waals surface area contributed by atoms with E-state index >= 15 is 0 Å². The number of nitrogens with zero attached hydrogens (tertiary/aromatic N) is 2. The summed E-state index contributed by atoms with van der Waals surface area (Å²) in [4.78, 5) is 4.47. The van der Waals surface area contributed by atoms with E-state index in [2.05, 4.69) is 16.5 Å². The fraction of sp³-hybridized carbons (Fsp3) is 0.357. The molecule has 88 valence electrons. The quantitative estimate of drug-likeness (QED) is 0.735. The lowest BCUT2D eigenvalue weighted by molar-refractivity contribution is 0.402. The van der Waals surface area contributed by atoms with Gasteiger partial charge in [-0.1, -0.05) is 6.92 Å². The monoisotopic (exact) mass is 230 g/mol. The molecule has 1 aliphatic rings. The van der Waals surface area contributed by atoms with Gasteiger partial charge < -0.3 is 4.57 Å². The van der Waals surface area contributed by atoms with E-state index in [1.165, 1.54) is 24.2 Å². The fourth-order valence-electron chi connectivity index (χ4n) is 2.44. The van der Waals surface area contributed by atoms with Crippen LogP contribution in [0, 0.1) is 11.7 Å². The van der Waals surface area contributed by atoms with E-state index in [1.807, 2.05) is 6.20 Å². The van der Waals surface area contributed by atoms with Crippen molar-refractivity contribution in [1.29, 1.82) is 0 Å². The number of benzene rings is 1. The van der Waals surface area contributed by atoms with E-state index in [4.69, 9.17) is 0 Å². The second-order valence-corrected chi connectivity index (χ2v) is 4.83. The summed E-state index contributed by atoms with van der Waals surface area (Å²) in [5.41, 5.74) is 2.29. The van der Waals surface area contributed by atoms with Crippen LogP contribution in [-0.2, 0) is 13.0 Å². The average molecular weight is 230 g/mol. The average Bonchev–Trinajstić information content (AvgIpc) is 2.73. The summed E-state index contributed by atoms with van der Waals surface area (Å²) in [6, 6.07) is 6.57. The van der Waals surface area contributed by atoms with E-state index in [0.29, 0.717) is 5.92 Å². The van der Waals surface area contributed by atoms with Crippen LogP contribution < -0.4 is 0 Å². The van der Waals surface area contributed by atoms with Crippen molar-refractivity contribution in [3.8, 4) is 11.4 Å². The maximum Gasteiger partial charge on any atom is 0.140 e. The molecule has 0 saturated heterocycles.